The first-order chi connectivity index (χ1) is 16.7. The molecule has 0 saturated carbocycles. The van der Waals surface area contributed by atoms with Crippen LogP contribution in [0.1, 0.15) is 33.5 Å². The van der Waals surface area contributed by atoms with Crippen LogP contribution in [0.3, 0.4) is 0 Å². The minimum Gasteiger partial charge on any atom is -0.503 e. The van der Waals surface area contributed by atoms with Crippen LogP contribution in [0.15, 0.2) is 62.7 Å². The first-order valence-electron chi connectivity index (χ1n) is 10.5. The predicted octanol–water partition coefficient (Wildman–Crippen LogP) is 5.77. The van der Waals surface area contributed by atoms with Gasteiger partial charge in [0.2, 0.25) is 5.78 Å². The van der Waals surface area contributed by atoms with Crippen LogP contribution in [0.2, 0.25) is 0 Å². The van der Waals surface area contributed by atoms with Crippen molar-refractivity contribution in [3.63, 3.8) is 0 Å². The van der Waals surface area contributed by atoms with E-state index in [9.17, 15) is 19.8 Å². The van der Waals surface area contributed by atoms with Crippen molar-refractivity contribution in [3.05, 3.63) is 80.9 Å². The summed E-state index contributed by atoms with van der Waals surface area (Å²) in [5.74, 6) is -1.57. The lowest BCUT2D eigenvalue weighted by atomic mass is 9.95. The maximum absolute atomic E-state index is 13.5. The SMILES string of the molecule is COc1cc(C2C(C(=O)c3ccc(C)o3)=C(O)C(=O)N2c2nc3ccc(C)cc3s2)cc(Br)c1O. The highest BCUT2D eigenvalue weighted by molar-refractivity contribution is 9.10. The largest absolute Gasteiger partial charge is 0.503 e. The highest BCUT2D eigenvalue weighted by Gasteiger charge is 2.47. The molecular weight excluding hydrogens is 536 g/mol. The van der Waals surface area contributed by atoms with Gasteiger partial charge in [0.15, 0.2) is 28.1 Å². The number of aryl methyl sites for hydroxylation is 2. The Morgan fingerprint density at radius 3 is 2.63 bits per heavy atom. The van der Waals surface area contributed by atoms with E-state index < -0.39 is 23.5 Å². The van der Waals surface area contributed by atoms with Crippen LogP contribution in [0.5, 0.6) is 11.5 Å². The van der Waals surface area contributed by atoms with Gasteiger partial charge in [-0.05, 0) is 77.3 Å². The van der Waals surface area contributed by atoms with Gasteiger partial charge in [-0.2, -0.15) is 0 Å². The molecule has 0 radical (unpaired) electrons. The molecule has 1 aliphatic rings. The molecule has 1 aliphatic heterocycles. The molecule has 2 aromatic heterocycles. The number of carbonyl (C=O) groups excluding carboxylic acids is 2. The second kappa shape index (κ2) is 8.54. The van der Waals surface area contributed by atoms with Crippen LogP contribution >= 0.6 is 27.3 Å². The highest BCUT2D eigenvalue weighted by Crippen LogP contribution is 2.47. The van der Waals surface area contributed by atoms with Gasteiger partial charge >= 0.3 is 0 Å². The van der Waals surface area contributed by atoms with E-state index in [0.717, 1.165) is 10.3 Å². The van der Waals surface area contributed by atoms with Gasteiger partial charge in [0.05, 0.1) is 33.4 Å². The Morgan fingerprint density at radius 1 is 1.17 bits per heavy atom. The number of phenolic OH excluding ortho intramolecular Hbond substituents is 1. The lowest BCUT2D eigenvalue weighted by Crippen LogP contribution is -2.31. The van der Waals surface area contributed by atoms with E-state index in [-0.39, 0.29) is 22.8 Å². The monoisotopic (exact) mass is 554 g/mol. The molecule has 2 N–H and O–H groups in total. The summed E-state index contributed by atoms with van der Waals surface area (Å²) < 4.78 is 11.9. The van der Waals surface area contributed by atoms with Crippen molar-refractivity contribution in [1.29, 1.82) is 0 Å². The van der Waals surface area contributed by atoms with E-state index in [4.69, 9.17) is 9.15 Å². The molecule has 2 aromatic carbocycles. The Balaban J connectivity index is 1.73. The number of halogens is 1. The molecule has 0 bridgehead atoms. The number of ketones is 1. The molecule has 0 fully saturated rings. The van der Waals surface area contributed by atoms with Gasteiger partial charge in [-0.15, -0.1) is 0 Å². The average molecular weight is 555 g/mol. The third-order valence-electron chi connectivity index (χ3n) is 5.74. The van der Waals surface area contributed by atoms with Gasteiger partial charge in [0.1, 0.15) is 5.76 Å². The number of aliphatic hydroxyl groups excluding tert-OH is 1. The summed E-state index contributed by atoms with van der Waals surface area (Å²) in [6.45, 7) is 3.65. The van der Waals surface area contributed by atoms with Gasteiger partial charge in [-0.25, -0.2) is 4.98 Å². The number of ether oxygens (including phenoxy) is 1. The topological polar surface area (TPSA) is 113 Å². The standard InChI is InChI=1S/C25H19BrN2O6S/c1-11-4-6-15-18(8-11)35-25(27-15)28-20(13-9-14(26)21(29)17(10-13)33-3)19(23(31)24(28)32)22(30)16-7-5-12(2)34-16/h4-10,20,29,31H,1-3H3. The zero-order valence-electron chi connectivity index (χ0n) is 18.8. The Morgan fingerprint density at radius 2 is 1.94 bits per heavy atom. The summed E-state index contributed by atoms with van der Waals surface area (Å²) >= 11 is 4.58. The summed E-state index contributed by atoms with van der Waals surface area (Å²) in [6.07, 6.45) is 0. The number of hydrogen-bond acceptors (Lipinski definition) is 8. The maximum atomic E-state index is 13.5. The molecular formula is C25H19BrN2O6S. The van der Waals surface area contributed by atoms with Crippen molar-refractivity contribution >= 4 is 54.3 Å². The number of Topliss-reactive ketones (excluding diaryl/α,β-unsaturated/α-hetero) is 1. The molecule has 178 valence electrons. The molecule has 0 aliphatic carbocycles. The van der Waals surface area contributed by atoms with Crippen LogP contribution in [-0.2, 0) is 4.79 Å². The van der Waals surface area contributed by atoms with Crippen LogP contribution in [0, 0.1) is 13.8 Å². The molecule has 10 heteroatoms. The van der Waals surface area contributed by atoms with Crippen LogP contribution < -0.4 is 9.64 Å². The van der Waals surface area contributed by atoms with Crippen LogP contribution in [-0.4, -0.2) is 34.0 Å². The number of thiazole rings is 1. The Bertz CT molecular complexity index is 1550. The molecule has 5 rings (SSSR count). The smallest absolute Gasteiger partial charge is 0.296 e. The minimum absolute atomic E-state index is 0.00608. The number of amides is 1. The number of aromatic nitrogens is 1. The molecule has 0 spiro atoms. The molecule has 1 atom stereocenters. The number of hydrogen-bond donors (Lipinski definition) is 2. The number of benzene rings is 2. The number of fused-ring (bicyclic) bond motifs is 1. The fraction of sp³-hybridized carbons (Fsp3) is 0.160. The lowest BCUT2D eigenvalue weighted by molar-refractivity contribution is -0.117. The maximum Gasteiger partial charge on any atom is 0.296 e. The molecule has 0 saturated heterocycles. The van der Waals surface area contributed by atoms with Gasteiger partial charge in [-0.1, -0.05) is 17.4 Å². The summed E-state index contributed by atoms with van der Waals surface area (Å²) in [7, 11) is 1.39. The lowest BCUT2D eigenvalue weighted by Gasteiger charge is -2.25. The normalized spacial score (nSPS) is 15.9. The summed E-state index contributed by atoms with van der Waals surface area (Å²) in [4.78, 5) is 32.8. The Hall–Kier alpha value is -3.63. The number of rotatable bonds is 5. The second-order valence-corrected chi connectivity index (χ2v) is 9.96. The predicted molar refractivity (Wildman–Crippen MR) is 134 cm³/mol. The first kappa shape index (κ1) is 23.1. The Labute approximate surface area is 212 Å². The van der Waals surface area contributed by atoms with Gasteiger partial charge < -0.3 is 19.4 Å². The van der Waals surface area contributed by atoms with E-state index in [1.165, 1.54) is 35.5 Å². The van der Waals surface area contributed by atoms with Crippen LogP contribution in [0.25, 0.3) is 10.2 Å². The molecule has 1 amide bonds. The number of aliphatic hydroxyl groups is 1. The van der Waals surface area contributed by atoms with E-state index in [0.29, 0.717) is 26.4 Å². The van der Waals surface area contributed by atoms with Crippen molar-refractivity contribution < 1.29 is 29.0 Å². The summed E-state index contributed by atoms with van der Waals surface area (Å²) in [5, 5.41) is 21.6. The number of phenols is 1. The van der Waals surface area contributed by atoms with E-state index >= 15 is 0 Å². The number of furan rings is 1. The zero-order chi connectivity index (χ0) is 25.0. The second-order valence-electron chi connectivity index (χ2n) is 8.10. The van der Waals surface area contributed by atoms with Gasteiger partial charge in [0.25, 0.3) is 5.91 Å². The van der Waals surface area contributed by atoms with Crippen molar-refractivity contribution in [2.75, 3.05) is 12.0 Å². The molecule has 4 aromatic rings. The number of aromatic hydroxyl groups is 1. The number of carbonyl (C=O) groups is 2. The minimum atomic E-state index is -1.05. The van der Waals surface area contributed by atoms with Crippen molar-refractivity contribution in [3.8, 4) is 11.5 Å². The van der Waals surface area contributed by atoms with E-state index in [1.807, 2.05) is 25.1 Å². The Kier molecular flexibility index (Phi) is 5.65. The number of methoxy groups -OCH3 is 1. The van der Waals surface area contributed by atoms with Crippen molar-refractivity contribution in [2.45, 2.75) is 19.9 Å². The quantitative estimate of drug-likeness (QED) is 0.301. The fourth-order valence-corrected chi connectivity index (χ4v) is 5.62. The molecule has 3 heterocycles. The van der Waals surface area contributed by atoms with Gasteiger partial charge in [-0.3, -0.25) is 14.5 Å². The van der Waals surface area contributed by atoms with E-state index in [2.05, 4.69) is 20.9 Å². The summed E-state index contributed by atoms with van der Waals surface area (Å²) in [5.41, 5.74) is 1.99. The summed E-state index contributed by atoms with van der Waals surface area (Å²) in [6, 6.07) is 10.9. The van der Waals surface area contributed by atoms with Crippen LogP contribution in [0.4, 0.5) is 5.13 Å². The van der Waals surface area contributed by atoms with E-state index in [1.54, 1.807) is 19.1 Å². The third kappa shape index (κ3) is 3.78. The van der Waals surface area contributed by atoms with Crippen molar-refractivity contribution in [2.24, 2.45) is 0 Å². The van der Waals surface area contributed by atoms with Crippen molar-refractivity contribution in [1.82, 2.24) is 4.98 Å². The molecule has 35 heavy (non-hydrogen) atoms. The highest BCUT2D eigenvalue weighted by atomic mass is 79.9. The number of nitrogens with zero attached hydrogens (tertiary/aromatic N) is 2. The first-order valence-corrected chi connectivity index (χ1v) is 12.1. The van der Waals surface area contributed by atoms with Gasteiger partial charge in [0, 0.05) is 0 Å². The zero-order valence-corrected chi connectivity index (χ0v) is 21.2. The fourth-order valence-electron chi connectivity index (χ4n) is 4.07. The molecule has 8 nitrogen and oxygen atoms in total. The third-order valence-corrected chi connectivity index (χ3v) is 7.36. The average Bonchev–Trinajstić information content (AvgIpc) is 3.51. The number of anilines is 1. The molecule has 1 unspecified atom stereocenters.